The van der Waals surface area contributed by atoms with Gasteiger partial charge in [-0.3, -0.25) is 5.01 Å². The Hall–Kier alpha value is -1.71. The summed E-state index contributed by atoms with van der Waals surface area (Å²) in [5, 5.41) is 6.22. The van der Waals surface area contributed by atoms with Gasteiger partial charge in [0.05, 0.1) is 18.8 Å². The fourth-order valence-electron chi connectivity index (χ4n) is 1.73. The molecule has 0 aromatic heterocycles. The molecule has 4 heteroatoms. The van der Waals surface area contributed by atoms with Gasteiger partial charge in [-0.2, -0.15) is 5.10 Å². The second kappa shape index (κ2) is 3.81. The molecule has 2 rings (SSSR count). The van der Waals surface area contributed by atoms with E-state index in [1.54, 1.807) is 7.11 Å². The first-order chi connectivity index (χ1) is 7.20. The number of rotatable bonds is 2. The van der Waals surface area contributed by atoms with Gasteiger partial charge >= 0.3 is 0 Å². The third-order valence-corrected chi connectivity index (χ3v) is 2.48. The zero-order valence-corrected chi connectivity index (χ0v) is 8.97. The van der Waals surface area contributed by atoms with Crippen LogP contribution in [0.3, 0.4) is 0 Å². The van der Waals surface area contributed by atoms with Crippen molar-refractivity contribution in [2.24, 2.45) is 10.8 Å². The number of hydrogen-bond acceptors (Lipinski definition) is 4. The summed E-state index contributed by atoms with van der Waals surface area (Å²) in [7, 11) is 1.66. The van der Waals surface area contributed by atoms with Crippen LogP contribution in [0.1, 0.15) is 13.3 Å². The van der Waals surface area contributed by atoms with Gasteiger partial charge in [0.1, 0.15) is 11.6 Å². The Morgan fingerprint density at radius 2 is 2.33 bits per heavy atom. The first kappa shape index (κ1) is 9.83. The number of hydrazone groups is 1. The smallest absolute Gasteiger partial charge is 0.122 e. The van der Waals surface area contributed by atoms with Crippen molar-refractivity contribution >= 4 is 11.5 Å². The van der Waals surface area contributed by atoms with E-state index in [9.17, 15) is 0 Å². The summed E-state index contributed by atoms with van der Waals surface area (Å²) in [5.74, 6) is 1.52. The Bertz CT molecular complexity index is 389. The van der Waals surface area contributed by atoms with Crippen molar-refractivity contribution in [3.63, 3.8) is 0 Å². The SMILES string of the molecule is COc1cccc(N2N=C(N)CC2C)c1. The zero-order valence-electron chi connectivity index (χ0n) is 8.97. The number of ether oxygens (including phenoxy) is 1. The topological polar surface area (TPSA) is 50.8 Å². The van der Waals surface area contributed by atoms with E-state index in [0.717, 1.165) is 17.9 Å². The van der Waals surface area contributed by atoms with Crippen LogP contribution >= 0.6 is 0 Å². The maximum atomic E-state index is 5.70. The third-order valence-electron chi connectivity index (χ3n) is 2.48. The molecule has 0 bridgehead atoms. The Morgan fingerprint density at radius 1 is 1.53 bits per heavy atom. The molecule has 4 nitrogen and oxygen atoms in total. The lowest BCUT2D eigenvalue weighted by Gasteiger charge is -2.20. The van der Waals surface area contributed by atoms with Crippen LogP contribution in [0.15, 0.2) is 29.4 Å². The van der Waals surface area contributed by atoms with Crippen molar-refractivity contribution < 1.29 is 4.74 Å². The predicted molar refractivity (Wildman–Crippen MR) is 61.2 cm³/mol. The van der Waals surface area contributed by atoms with E-state index in [1.165, 1.54) is 0 Å². The van der Waals surface area contributed by atoms with E-state index < -0.39 is 0 Å². The van der Waals surface area contributed by atoms with Gasteiger partial charge in [0.2, 0.25) is 0 Å². The average molecular weight is 205 g/mol. The number of nitrogens with zero attached hydrogens (tertiary/aromatic N) is 2. The summed E-state index contributed by atoms with van der Waals surface area (Å²) in [6, 6.07) is 8.14. The summed E-state index contributed by atoms with van der Waals surface area (Å²) >= 11 is 0. The van der Waals surface area contributed by atoms with E-state index in [-0.39, 0.29) is 0 Å². The molecule has 0 radical (unpaired) electrons. The first-order valence-electron chi connectivity index (χ1n) is 4.97. The first-order valence-corrected chi connectivity index (χ1v) is 4.97. The Morgan fingerprint density at radius 3 is 2.93 bits per heavy atom. The van der Waals surface area contributed by atoms with E-state index in [2.05, 4.69) is 12.0 Å². The lowest BCUT2D eigenvalue weighted by Crippen LogP contribution is -2.22. The fraction of sp³-hybridized carbons (Fsp3) is 0.364. The largest absolute Gasteiger partial charge is 0.497 e. The molecule has 0 aliphatic carbocycles. The lowest BCUT2D eigenvalue weighted by atomic mass is 10.2. The highest BCUT2D eigenvalue weighted by molar-refractivity contribution is 5.85. The van der Waals surface area contributed by atoms with Gasteiger partial charge in [-0.05, 0) is 19.1 Å². The van der Waals surface area contributed by atoms with Crippen LogP contribution in [0, 0.1) is 0 Å². The molecule has 80 valence electrons. The molecule has 0 saturated carbocycles. The Labute approximate surface area is 89.3 Å². The zero-order chi connectivity index (χ0) is 10.8. The second-order valence-electron chi connectivity index (χ2n) is 3.69. The van der Waals surface area contributed by atoms with Crippen LogP contribution in [0.25, 0.3) is 0 Å². The standard InChI is InChI=1S/C11H15N3O/c1-8-6-11(12)13-14(8)9-4-3-5-10(7-9)15-2/h3-5,7-8H,6H2,1-2H3,(H2,12,13). The summed E-state index contributed by atoms with van der Waals surface area (Å²) in [5.41, 5.74) is 6.72. The Balaban J connectivity index is 2.29. The van der Waals surface area contributed by atoms with Gasteiger partial charge in [-0.15, -0.1) is 0 Å². The molecule has 1 unspecified atom stereocenters. The van der Waals surface area contributed by atoms with Gasteiger partial charge < -0.3 is 10.5 Å². The van der Waals surface area contributed by atoms with Gasteiger partial charge in [-0.1, -0.05) is 6.07 Å². The van der Waals surface area contributed by atoms with Gasteiger partial charge in [0.15, 0.2) is 0 Å². The minimum absolute atomic E-state index is 0.317. The molecular formula is C11H15N3O. The summed E-state index contributed by atoms with van der Waals surface area (Å²) in [6.07, 6.45) is 0.817. The van der Waals surface area contributed by atoms with Crippen LogP contribution < -0.4 is 15.5 Å². The Kier molecular flexibility index (Phi) is 2.49. The van der Waals surface area contributed by atoms with Crippen LogP contribution in [0.2, 0.25) is 0 Å². The van der Waals surface area contributed by atoms with Gasteiger partial charge in [-0.25, -0.2) is 0 Å². The third kappa shape index (κ3) is 1.88. The molecule has 1 aliphatic heterocycles. The highest BCUT2D eigenvalue weighted by Crippen LogP contribution is 2.26. The number of nitrogens with two attached hydrogens (primary N) is 1. The maximum Gasteiger partial charge on any atom is 0.122 e. The molecule has 1 heterocycles. The highest BCUT2D eigenvalue weighted by atomic mass is 16.5. The molecular weight excluding hydrogens is 190 g/mol. The maximum absolute atomic E-state index is 5.70. The van der Waals surface area contributed by atoms with E-state index in [0.29, 0.717) is 11.9 Å². The van der Waals surface area contributed by atoms with Crippen LogP contribution in [-0.2, 0) is 0 Å². The lowest BCUT2D eigenvalue weighted by molar-refractivity contribution is 0.414. The van der Waals surface area contributed by atoms with Gasteiger partial charge in [0.25, 0.3) is 0 Å². The summed E-state index contributed by atoms with van der Waals surface area (Å²) < 4.78 is 5.17. The molecule has 1 aliphatic rings. The van der Waals surface area contributed by atoms with Gasteiger partial charge in [0, 0.05) is 12.5 Å². The number of hydrogen-bond donors (Lipinski definition) is 1. The molecule has 0 saturated heterocycles. The number of methoxy groups -OCH3 is 1. The molecule has 0 spiro atoms. The van der Waals surface area contributed by atoms with Crippen LogP contribution in [0.4, 0.5) is 5.69 Å². The number of anilines is 1. The van der Waals surface area contributed by atoms with Crippen LogP contribution in [0.5, 0.6) is 5.75 Å². The minimum atomic E-state index is 0.317. The highest BCUT2D eigenvalue weighted by Gasteiger charge is 2.22. The van der Waals surface area contributed by atoms with Crippen molar-refractivity contribution in [1.29, 1.82) is 0 Å². The quantitative estimate of drug-likeness (QED) is 0.797. The molecule has 1 atom stereocenters. The van der Waals surface area contributed by atoms with E-state index in [1.807, 2.05) is 29.3 Å². The van der Waals surface area contributed by atoms with Crippen molar-refractivity contribution in [3.05, 3.63) is 24.3 Å². The summed E-state index contributed by atoms with van der Waals surface area (Å²) in [4.78, 5) is 0. The number of amidine groups is 1. The molecule has 1 aromatic rings. The molecule has 2 N–H and O–H groups in total. The molecule has 0 fully saturated rings. The van der Waals surface area contributed by atoms with Crippen molar-refractivity contribution in [1.82, 2.24) is 0 Å². The normalized spacial score (nSPS) is 20.3. The fourth-order valence-corrected chi connectivity index (χ4v) is 1.73. The number of benzene rings is 1. The van der Waals surface area contributed by atoms with Crippen molar-refractivity contribution in [3.8, 4) is 5.75 Å². The minimum Gasteiger partial charge on any atom is -0.497 e. The van der Waals surface area contributed by atoms with Crippen molar-refractivity contribution in [2.75, 3.05) is 12.1 Å². The monoisotopic (exact) mass is 205 g/mol. The molecule has 0 amide bonds. The van der Waals surface area contributed by atoms with E-state index in [4.69, 9.17) is 10.5 Å². The molecule has 15 heavy (non-hydrogen) atoms. The average Bonchev–Trinajstić information content (AvgIpc) is 2.58. The van der Waals surface area contributed by atoms with E-state index >= 15 is 0 Å². The molecule has 1 aromatic carbocycles. The predicted octanol–water partition coefficient (Wildman–Crippen LogP) is 1.57. The van der Waals surface area contributed by atoms with Crippen molar-refractivity contribution in [2.45, 2.75) is 19.4 Å². The second-order valence-corrected chi connectivity index (χ2v) is 3.69. The summed E-state index contributed by atoms with van der Waals surface area (Å²) in [6.45, 7) is 2.10. The van der Waals surface area contributed by atoms with Crippen LogP contribution in [-0.4, -0.2) is 19.0 Å².